The molecule has 5 nitrogen and oxygen atoms in total. The summed E-state index contributed by atoms with van der Waals surface area (Å²) in [7, 11) is 1.37. The molecule has 0 aliphatic carbocycles. The first-order valence-corrected chi connectivity index (χ1v) is 6.66. The zero-order valence-corrected chi connectivity index (χ0v) is 12.1. The Bertz CT molecular complexity index is 506. The number of ether oxygens (including phenoxy) is 2. The van der Waals surface area contributed by atoms with E-state index in [1.807, 2.05) is 13.8 Å². The largest absolute Gasteiger partial charge is 0.465 e. The predicted octanol–water partition coefficient (Wildman–Crippen LogP) is 2.12. The first kappa shape index (κ1) is 14.5. The molecule has 1 fully saturated rings. The van der Waals surface area contributed by atoms with Gasteiger partial charge in [0.05, 0.1) is 30.6 Å². The third kappa shape index (κ3) is 3.17. The van der Waals surface area contributed by atoms with Crippen LogP contribution in [0.2, 0.25) is 0 Å². The number of carbonyl (C=O) groups excluding carboxylic acids is 1. The Morgan fingerprint density at radius 3 is 2.65 bits per heavy atom. The number of anilines is 1. The number of methoxy groups -OCH3 is 1. The lowest BCUT2D eigenvalue weighted by atomic mass is 10.2. The topological polar surface area (TPSA) is 51.7 Å². The molecule has 1 saturated heterocycles. The van der Waals surface area contributed by atoms with Crippen molar-refractivity contribution in [1.82, 2.24) is 4.98 Å². The first-order valence-electron chi connectivity index (χ1n) is 6.66. The fourth-order valence-corrected chi connectivity index (χ4v) is 2.40. The van der Waals surface area contributed by atoms with E-state index in [1.165, 1.54) is 7.11 Å². The molecule has 2 rings (SSSR count). The third-order valence-corrected chi connectivity index (χ3v) is 3.21. The van der Waals surface area contributed by atoms with Crippen LogP contribution in [0.15, 0.2) is 18.7 Å². The number of carbonyl (C=O) groups is 1. The van der Waals surface area contributed by atoms with Gasteiger partial charge in [-0.2, -0.15) is 0 Å². The van der Waals surface area contributed by atoms with Crippen LogP contribution in [0.5, 0.6) is 0 Å². The minimum Gasteiger partial charge on any atom is -0.465 e. The molecule has 0 N–H and O–H groups in total. The molecule has 5 heteroatoms. The van der Waals surface area contributed by atoms with Gasteiger partial charge in [0.15, 0.2) is 0 Å². The minimum absolute atomic E-state index is 0.134. The van der Waals surface area contributed by atoms with Crippen molar-refractivity contribution in [1.29, 1.82) is 0 Å². The Morgan fingerprint density at radius 1 is 1.45 bits per heavy atom. The maximum absolute atomic E-state index is 11.7. The van der Waals surface area contributed by atoms with Crippen LogP contribution in [0.1, 0.15) is 29.9 Å². The average Bonchev–Trinajstić information content (AvgIpc) is 2.44. The molecular formula is C15H20N2O3. The summed E-state index contributed by atoms with van der Waals surface area (Å²) in [6, 6.07) is 3.43. The molecule has 0 bridgehead atoms. The minimum atomic E-state index is -0.369. The zero-order valence-electron chi connectivity index (χ0n) is 12.1. The van der Waals surface area contributed by atoms with Gasteiger partial charge >= 0.3 is 5.97 Å². The quantitative estimate of drug-likeness (QED) is 0.792. The summed E-state index contributed by atoms with van der Waals surface area (Å²) in [5, 5.41) is 0. The van der Waals surface area contributed by atoms with E-state index in [9.17, 15) is 4.79 Å². The third-order valence-electron chi connectivity index (χ3n) is 3.21. The molecule has 1 aliphatic rings. The molecule has 1 aliphatic heterocycles. The second kappa shape index (κ2) is 6.05. The van der Waals surface area contributed by atoms with E-state index in [0.717, 1.165) is 18.9 Å². The van der Waals surface area contributed by atoms with Gasteiger partial charge in [0, 0.05) is 13.1 Å². The molecule has 2 heterocycles. The number of esters is 1. The highest BCUT2D eigenvalue weighted by molar-refractivity contribution is 5.90. The summed E-state index contributed by atoms with van der Waals surface area (Å²) in [5.74, 6) is 0.385. The molecule has 0 aromatic carbocycles. The Hall–Kier alpha value is -1.88. The number of pyridine rings is 1. The summed E-state index contributed by atoms with van der Waals surface area (Å²) < 4.78 is 10.5. The van der Waals surface area contributed by atoms with Gasteiger partial charge in [0.2, 0.25) is 0 Å². The van der Waals surface area contributed by atoms with Crippen molar-refractivity contribution in [3.8, 4) is 0 Å². The van der Waals surface area contributed by atoms with Gasteiger partial charge in [-0.1, -0.05) is 6.58 Å². The zero-order chi connectivity index (χ0) is 14.7. The van der Waals surface area contributed by atoms with Crippen molar-refractivity contribution in [2.24, 2.45) is 0 Å². The highest BCUT2D eigenvalue weighted by atomic mass is 16.5. The molecule has 1 aromatic rings. The van der Waals surface area contributed by atoms with Gasteiger partial charge in [0.25, 0.3) is 0 Å². The second-order valence-corrected chi connectivity index (χ2v) is 5.00. The predicted molar refractivity (Wildman–Crippen MR) is 77.9 cm³/mol. The van der Waals surface area contributed by atoms with Crippen molar-refractivity contribution < 1.29 is 14.3 Å². The number of nitrogens with zero attached hydrogens (tertiary/aromatic N) is 2. The fraction of sp³-hybridized carbons (Fsp3) is 0.467. The van der Waals surface area contributed by atoms with Gasteiger partial charge in [-0.3, -0.25) is 0 Å². The van der Waals surface area contributed by atoms with E-state index in [4.69, 9.17) is 9.47 Å². The normalized spacial score (nSPS) is 22.4. The lowest BCUT2D eigenvalue weighted by Gasteiger charge is -2.36. The van der Waals surface area contributed by atoms with Gasteiger partial charge < -0.3 is 14.4 Å². The van der Waals surface area contributed by atoms with Crippen LogP contribution < -0.4 is 4.90 Å². The smallest absolute Gasteiger partial charge is 0.338 e. The lowest BCUT2D eigenvalue weighted by molar-refractivity contribution is -0.00546. The molecule has 0 radical (unpaired) electrons. The molecule has 1 aromatic heterocycles. The Labute approximate surface area is 119 Å². The van der Waals surface area contributed by atoms with E-state index in [-0.39, 0.29) is 18.2 Å². The van der Waals surface area contributed by atoms with E-state index in [0.29, 0.717) is 11.3 Å². The molecular weight excluding hydrogens is 256 g/mol. The molecule has 0 saturated carbocycles. The first-order chi connectivity index (χ1) is 9.53. The Morgan fingerprint density at radius 2 is 2.10 bits per heavy atom. The van der Waals surface area contributed by atoms with E-state index in [2.05, 4.69) is 16.5 Å². The molecule has 0 spiro atoms. The number of hydrogen-bond acceptors (Lipinski definition) is 5. The summed E-state index contributed by atoms with van der Waals surface area (Å²) in [6.45, 7) is 9.27. The maximum atomic E-state index is 11.7. The number of hydrogen-bond donors (Lipinski definition) is 0. The maximum Gasteiger partial charge on any atom is 0.338 e. The number of morpholine rings is 1. The second-order valence-electron chi connectivity index (χ2n) is 5.00. The molecule has 0 amide bonds. The fourth-order valence-electron chi connectivity index (χ4n) is 2.40. The standard InChI is InChI=1S/C15H20N2O3/c1-5-13-6-12(15(18)19-4)7-14(16-13)17-8-10(2)20-11(3)9-17/h5-7,10-11H,1,8-9H2,2-4H3/t10-,11+. The van der Waals surface area contributed by atoms with E-state index in [1.54, 1.807) is 18.2 Å². The molecule has 108 valence electrons. The van der Waals surface area contributed by atoms with E-state index < -0.39 is 0 Å². The van der Waals surface area contributed by atoms with Crippen molar-refractivity contribution in [2.45, 2.75) is 26.1 Å². The van der Waals surface area contributed by atoms with Crippen molar-refractivity contribution in [2.75, 3.05) is 25.1 Å². The Balaban J connectivity index is 2.35. The monoisotopic (exact) mass is 276 g/mol. The van der Waals surface area contributed by atoms with Crippen LogP contribution in [0.25, 0.3) is 6.08 Å². The molecule has 0 unspecified atom stereocenters. The van der Waals surface area contributed by atoms with Crippen molar-refractivity contribution in [3.05, 3.63) is 30.0 Å². The highest BCUT2D eigenvalue weighted by Crippen LogP contribution is 2.21. The van der Waals surface area contributed by atoms with Crippen LogP contribution in [0.4, 0.5) is 5.82 Å². The molecule has 2 atom stereocenters. The van der Waals surface area contributed by atoms with Gasteiger partial charge in [-0.15, -0.1) is 0 Å². The van der Waals surface area contributed by atoms with Crippen LogP contribution >= 0.6 is 0 Å². The summed E-state index contributed by atoms with van der Waals surface area (Å²) >= 11 is 0. The van der Waals surface area contributed by atoms with Gasteiger partial charge in [-0.05, 0) is 32.1 Å². The lowest BCUT2D eigenvalue weighted by Crippen LogP contribution is -2.46. The van der Waals surface area contributed by atoms with Crippen LogP contribution in [0.3, 0.4) is 0 Å². The van der Waals surface area contributed by atoms with Crippen molar-refractivity contribution in [3.63, 3.8) is 0 Å². The van der Waals surface area contributed by atoms with Gasteiger partial charge in [-0.25, -0.2) is 9.78 Å². The van der Waals surface area contributed by atoms with Crippen LogP contribution in [-0.2, 0) is 9.47 Å². The van der Waals surface area contributed by atoms with Crippen LogP contribution in [0, 0.1) is 0 Å². The summed E-state index contributed by atoms with van der Waals surface area (Å²) in [5.41, 5.74) is 1.15. The summed E-state index contributed by atoms with van der Waals surface area (Å²) in [6.07, 6.45) is 1.90. The highest BCUT2D eigenvalue weighted by Gasteiger charge is 2.24. The number of rotatable bonds is 3. The Kier molecular flexibility index (Phi) is 4.39. The van der Waals surface area contributed by atoms with Crippen LogP contribution in [-0.4, -0.2) is 43.4 Å². The number of aromatic nitrogens is 1. The SMILES string of the molecule is C=Cc1cc(C(=O)OC)cc(N2C[C@@H](C)O[C@@H](C)C2)n1. The van der Waals surface area contributed by atoms with Gasteiger partial charge in [0.1, 0.15) is 5.82 Å². The van der Waals surface area contributed by atoms with Crippen molar-refractivity contribution >= 4 is 17.9 Å². The molecule has 20 heavy (non-hydrogen) atoms. The van der Waals surface area contributed by atoms with E-state index >= 15 is 0 Å². The summed E-state index contributed by atoms with van der Waals surface area (Å²) in [4.78, 5) is 18.3. The average molecular weight is 276 g/mol.